The maximum atomic E-state index is 10.3. The number of aromatic nitrogens is 1. The Bertz CT molecular complexity index is 332. The fourth-order valence-corrected chi connectivity index (χ4v) is 2.91. The first-order valence-corrected chi connectivity index (χ1v) is 6.90. The Labute approximate surface area is 101 Å². The molecule has 2 rings (SSSR count). The molecule has 1 heterocycles. The zero-order valence-electron chi connectivity index (χ0n) is 9.83. The zero-order valence-corrected chi connectivity index (χ0v) is 10.6. The number of hydrogen-bond donors (Lipinski definition) is 2. The van der Waals surface area contributed by atoms with Crippen molar-refractivity contribution in [3.63, 3.8) is 0 Å². The number of nitrogens with zero attached hydrogens (tertiary/aromatic N) is 1. The third-order valence-corrected chi connectivity index (χ3v) is 4.03. The molecule has 90 valence electrons. The predicted octanol–water partition coefficient (Wildman–Crippen LogP) is 2.24. The lowest BCUT2D eigenvalue weighted by Gasteiger charge is -2.32. The second-order valence-electron chi connectivity index (χ2n) is 4.75. The summed E-state index contributed by atoms with van der Waals surface area (Å²) in [6.45, 7) is 3.49. The lowest BCUT2D eigenvalue weighted by molar-refractivity contribution is 0.00463. The summed E-state index contributed by atoms with van der Waals surface area (Å²) in [5.41, 5.74) is 0.616. The number of hydrogen-bond acceptors (Lipinski definition) is 4. The summed E-state index contributed by atoms with van der Waals surface area (Å²) in [6.07, 6.45) is 5.47. The molecular weight excluding hydrogens is 220 g/mol. The van der Waals surface area contributed by atoms with Gasteiger partial charge in [-0.05, 0) is 19.8 Å². The van der Waals surface area contributed by atoms with Gasteiger partial charge in [0, 0.05) is 18.5 Å². The summed E-state index contributed by atoms with van der Waals surface area (Å²) in [7, 11) is 0. The van der Waals surface area contributed by atoms with E-state index in [-0.39, 0.29) is 0 Å². The summed E-state index contributed by atoms with van der Waals surface area (Å²) >= 11 is 1.68. The monoisotopic (exact) mass is 240 g/mol. The van der Waals surface area contributed by atoms with Crippen LogP contribution < -0.4 is 5.32 Å². The standard InChI is InChI=1S/C12H20N2OS/c1-10-14-11(8-16-10)7-13-9-12(15)5-3-2-4-6-12/h8,13,15H,2-7,9H2,1H3. The van der Waals surface area contributed by atoms with Crippen LogP contribution in [-0.2, 0) is 6.54 Å². The van der Waals surface area contributed by atoms with Crippen LogP contribution >= 0.6 is 11.3 Å². The molecule has 4 heteroatoms. The maximum Gasteiger partial charge on any atom is 0.0897 e. The highest BCUT2D eigenvalue weighted by molar-refractivity contribution is 7.09. The predicted molar refractivity (Wildman–Crippen MR) is 66.6 cm³/mol. The Morgan fingerprint density at radius 3 is 2.81 bits per heavy atom. The van der Waals surface area contributed by atoms with E-state index < -0.39 is 5.60 Å². The smallest absolute Gasteiger partial charge is 0.0897 e. The average Bonchev–Trinajstić information content (AvgIpc) is 2.65. The summed E-state index contributed by atoms with van der Waals surface area (Å²) in [5, 5.41) is 16.8. The Kier molecular flexibility index (Phi) is 3.95. The average molecular weight is 240 g/mol. The fraction of sp³-hybridized carbons (Fsp3) is 0.750. The van der Waals surface area contributed by atoms with Crippen LogP contribution in [0, 0.1) is 6.92 Å². The van der Waals surface area contributed by atoms with Crippen molar-refractivity contribution >= 4 is 11.3 Å². The van der Waals surface area contributed by atoms with Crippen molar-refractivity contribution < 1.29 is 5.11 Å². The van der Waals surface area contributed by atoms with Gasteiger partial charge >= 0.3 is 0 Å². The minimum atomic E-state index is -0.469. The molecule has 1 aromatic heterocycles. The molecular formula is C12H20N2OS. The molecule has 2 N–H and O–H groups in total. The van der Waals surface area contributed by atoms with E-state index in [0.29, 0.717) is 6.54 Å². The van der Waals surface area contributed by atoms with Crippen molar-refractivity contribution in [2.24, 2.45) is 0 Å². The highest BCUT2D eigenvalue weighted by Crippen LogP contribution is 2.27. The molecule has 0 aromatic carbocycles. The fourth-order valence-electron chi connectivity index (χ4n) is 2.30. The SMILES string of the molecule is Cc1nc(CNCC2(O)CCCCC2)cs1. The Balaban J connectivity index is 1.74. The van der Waals surface area contributed by atoms with Crippen molar-refractivity contribution in [2.75, 3.05) is 6.54 Å². The summed E-state index contributed by atoms with van der Waals surface area (Å²) in [6, 6.07) is 0. The van der Waals surface area contributed by atoms with Gasteiger partial charge in [0.1, 0.15) is 0 Å². The molecule has 0 radical (unpaired) electrons. The van der Waals surface area contributed by atoms with Gasteiger partial charge in [-0.15, -0.1) is 11.3 Å². The number of aliphatic hydroxyl groups is 1. The van der Waals surface area contributed by atoms with Crippen molar-refractivity contribution in [2.45, 2.75) is 51.2 Å². The van der Waals surface area contributed by atoms with Crippen molar-refractivity contribution in [1.29, 1.82) is 0 Å². The lowest BCUT2D eigenvalue weighted by Crippen LogP contribution is -2.41. The minimum Gasteiger partial charge on any atom is -0.389 e. The Morgan fingerprint density at radius 2 is 2.19 bits per heavy atom. The minimum absolute atomic E-state index is 0.469. The second-order valence-corrected chi connectivity index (χ2v) is 5.81. The molecule has 1 aliphatic rings. The molecule has 1 aliphatic carbocycles. The molecule has 1 fully saturated rings. The van der Waals surface area contributed by atoms with E-state index in [9.17, 15) is 5.11 Å². The van der Waals surface area contributed by atoms with Crippen LogP contribution in [0.1, 0.15) is 42.8 Å². The van der Waals surface area contributed by atoms with Gasteiger partial charge in [-0.25, -0.2) is 4.98 Å². The summed E-state index contributed by atoms with van der Waals surface area (Å²) in [4.78, 5) is 4.39. The topological polar surface area (TPSA) is 45.2 Å². The molecule has 1 saturated carbocycles. The van der Waals surface area contributed by atoms with Gasteiger partial charge in [0.05, 0.1) is 16.3 Å². The van der Waals surface area contributed by atoms with Gasteiger partial charge in [-0.3, -0.25) is 0 Å². The molecule has 0 amide bonds. The number of rotatable bonds is 4. The highest BCUT2D eigenvalue weighted by Gasteiger charge is 2.28. The molecule has 0 unspecified atom stereocenters. The van der Waals surface area contributed by atoms with Gasteiger partial charge in [-0.1, -0.05) is 19.3 Å². The highest BCUT2D eigenvalue weighted by atomic mass is 32.1. The number of nitrogens with one attached hydrogen (secondary N) is 1. The normalized spacial score (nSPS) is 19.9. The van der Waals surface area contributed by atoms with Crippen molar-refractivity contribution in [3.8, 4) is 0 Å². The van der Waals surface area contributed by atoms with E-state index in [1.54, 1.807) is 11.3 Å². The van der Waals surface area contributed by atoms with E-state index in [1.165, 1.54) is 6.42 Å². The van der Waals surface area contributed by atoms with Gasteiger partial charge in [0.2, 0.25) is 0 Å². The van der Waals surface area contributed by atoms with Crippen LogP contribution in [0.5, 0.6) is 0 Å². The first kappa shape index (κ1) is 12.0. The second kappa shape index (κ2) is 5.25. The third kappa shape index (κ3) is 3.27. The van der Waals surface area contributed by atoms with Gasteiger partial charge in [0.15, 0.2) is 0 Å². The van der Waals surface area contributed by atoms with E-state index in [1.807, 2.05) is 6.92 Å². The largest absolute Gasteiger partial charge is 0.389 e. The zero-order chi connectivity index (χ0) is 11.4. The third-order valence-electron chi connectivity index (χ3n) is 3.21. The van der Waals surface area contributed by atoms with Crippen LogP contribution in [0.25, 0.3) is 0 Å². The Morgan fingerprint density at radius 1 is 1.44 bits per heavy atom. The molecule has 16 heavy (non-hydrogen) atoms. The molecule has 0 saturated heterocycles. The number of thiazole rings is 1. The van der Waals surface area contributed by atoms with Crippen LogP contribution in [-0.4, -0.2) is 22.2 Å². The molecule has 0 aliphatic heterocycles. The molecule has 0 spiro atoms. The van der Waals surface area contributed by atoms with Crippen molar-refractivity contribution in [3.05, 3.63) is 16.1 Å². The van der Waals surface area contributed by atoms with Crippen molar-refractivity contribution in [1.82, 2.24) is 10.3 Å². The van der Waals surface area contributed by atoms with E-state index in [0.717, 1.165) is 42.9 Å². The van der Waals surface area contributed by atoms with Crippen LogP contribution in [0.3, 0.4) is 0 Å². The van der Waals surface area contributed by atoms with E-state index in [4.69, 9.17) is 0 Å². The summed E-state index contributed by atoms with van der Waals surface area (Å²) < 4.78 is 0. The summed E-state index contributed by atoms with van der Waals surface area (Å²) in [5.74, 6) is 0. The van der Waals surface area contributed by atoms with E-state index >= 15 is 0 Å². The molecule has 3 nitrogen and oxygen atoms in total. The van der Waals surface area contributed by atoms with Gasteiger partial charge < -0.3 is 10.4 Å². The number of aryl methyl sites for hydroxylation is 1. The first-order chi connectivity index (χ1) is 7.68. The molecule has 0 atom stereocenters. The van der Waals surface area contributed by atoms with E-state index in [2.05, 4.69) is 15.7 Å². The van der Waals surface area contributed by atoms with Crippen LogP contribution in [0.2, 0.25) is 0 Å². The molecule has 1 aromatic rings. The van der Waals surface area contributed by atoms with Crippen LogP contribution in [0.15, 0.2) is 5.38 Å². The molecule has 0 bridgehead atoms. The maximum absolute atomic E-state index is 10.3. The first-order valence-electron chi connectivity index (χ1n) is 6.02. The Hall–Kier alpha value is -0.450. The lowest BCUT2D eigenvalue weighted by atomic mass is 9.85. The quantitative estimate of drug-likeness (QED) is 0.848. The van der Waals surface area contributed by atoms with Crippen LogP contribution in [0.4, 0.5) is 0 Å². The van der Waals surface area contributed by atoms with Gasteiger partial charge in [-0.2, -0.15) is 0 Å². The van der Waals surface area contributed by atoms with Gasteiger partial charge in [0.25, 0.3) is 0 Å².